The summed E-state index contributed by atoms with van der Waals surface area (Å²) in [5.41, 5.74) is 7.59. The summed E-state index contributed by atoms with van der Waals surface area (Å²) >= 11 is 0. The Labute approximate surface area is 194 Å². The molecule has 7 aromatic rings. The molecule has 0 spiro atoms. The number of rotatable bonds is 2. The van der Waals surface area contributed by atoms with Crippen LogP contribution in [0, 0.1) is 11.3 Å². The second-order valence-corrected chi connectivity index (χ2v) is 8.41. The van der Waals surface area contributed by atoms with E-state index in [0.717, 1.165) is 49.8 Å². The van der Waals surface area contributed by atoms with Crippen molar-refractivity contribution in [1.82, 2.24) is 9.55 Å². The number of benzene rings is 4. The van der Waals surface area contributed by atoms with Crippen LogP contribution in [0.4, 0.5) is 0 Å². The average Bonchev–Trinajstić information content (AvgIpc) is 3.44. The van der Waals surface area contributed by atoms with Crippen LogP contribution in [0.2, 0.25) is 0 Å². The van der Waals surface area contributed by atoms with Crippen molar-refractivity contribution in [3.8, 4) is 22.9 Å². The number of aromatic nitrogens is 2. The minimum absolute atomic E-state index is 0.550. The maximum absolute atomic E-state index is 9.29. The number of hydrogen-bond acceptors (Lipinski definition) is 3. The van der Waals surface area contributed by atoms with Gasteiger partial charge < -0.3 is 8.98 Å². The van der Waals surface area contributed by atoms with E-state index in [2.05, 4.69) is 88.4 Å². The number of furan rings is 1. The van der Waals surface area contributed by atoms with E-state index in [0.29, 0.717) is 5.56 Å². The predicted octanol–water partition coefficient (Wildman–Crippen LogP) is 7.62. The lowest BCUT2D eigenvalue weighted by Gasteiger charge is -2.10. The summed E-state index contributed by atoms with van der Waals surface area (Å²) in [6, 6.07) is 33.4. The zero-order chi connectivity index (χ0) is 22.6. The molecule has 34 heavy (non-hydrogen) atoms. The van der Waals surface area contributed by atoms with Crippen LogP contribution in [0.1, 0.15) is 5.56 Å². The second-order valence-electron chi connectivity index (χ2n) is 8.41. The van der Waals surface area contributed by atoms with E-state index in [-0.39, 0.29) is 0 Å². The highest BCUT2D eigenvalue weighted by molar-refractivity contribution is 6.27. The molecule has 3 aromatic heterocycles. The molecule has 4 aromatic carbocycles. The van der Waals surface area contributed by atoms with Gasteiger partial charge in [0.2, 0.25) is 0 Å². The van der Waals surface area contributed by atoms with Crippen molar-refractivity contribution in [2.75, 3.05) is 0 Å². The molecule has 158 valence electrons. The number of pyridine rings is 1. The molecule has 0 radical (unpaired) electrons. The summed E-state index contributed by atoms with van der Waals surface area (Å²) in [5.74, 6) is 0. The number of hydrogen-bond donors (Lipinski definition) is 0. The van der Waals surface area contributed by atoms with Gasteiger partial charge in [0.25, 0.3) is 0 Å². The molecule has 7 rings (SSSR count). The summed E-state index contributed by atoms with van der Waals surface area (Å²) in [4.78, 5) is 4.24. The first kappa shape index (κ1) is 18.7. The van der Waals surface area contributed by atoms with E-state index in [9.17, 15) is 5.26 Å². The maximum atomic E-state index is 9.29. The molecule has 0 N–H and O–H groups in total. The van der Waals surface area contributed by atoms with E-state index in [4.69, 9.17) is 4.42 Å². The van der Waals surface area contributed by atoms with Gasteiger partial charge in [-0.3, -0.25) is 4.98 Å². The average molecular weight is 435 g/mol. The SMILES string of the molecule is N#Cc1cncc(-c2cccc(-n3c4ccccc4c4c5c(ccc43)oc3ccccc35)c2)c1. The van der Waals surface area contributed by atoms with Gasteiger partial charge in [0.15, 0.2) is 0 Å². The smallest absolute Gasteiger partial charge is 0.136 e. The Morgan fingerprint density at radius 3 is 2.44 bits per heavy atom. The second kappa shape index (κ2) is 7.06. The molecular weight excluding hydrogens is 418 g/mol. The van der Waals surface area contributed by atoms with Gasteiger partial charge in [-0.15, -0.1) is 0 Å². The standard InChI is InChI=1S/C30H17N3O/c31-16-19-14-21(18-32-17-19)20-6-5-7-22(15-20)33-25-10-3-1-8-23(25)29-26(33)12-13-28-30(29)24-9-2-4-11-27(24)34-28/h1-15,17-18H. The normalized spacial score (nSPS) is 11.5. The lowest BCUT2D eigenvalue weighted by Crippen LogP contribution is -1.94. The van der Waals surface area contributed by atoms with E-state index in [1.165, 1.54) is 10.8 Å². The van der Waals surface area contributed by atoms with Gasteiger partial charge in [0.1, 0.15) is 17.2 Å². The summed E-state index contributed by atoms with van der Waals surface area (Å²) in [7, 11) is 0. The highest BCUT2D eigenvalue weighted by Crippen LogP contribution is 2.41. The van der Waals surface area contributed by atoms with Gasteiger partial charge in [-0.1, -0.05) is 48.5 Å². The lowest BCUT2D eigenvalue weighted by molar-refractivity contribution is 0.669. The zero-order valence-electron chi connectivity index (χ0n) is 18.1. The number of para-hydroxylation sites is 2. The Bertz CT molecular complexity index is 1930. The summed E-state index contributed by atoms with van der Waals surface area (Å²) in [6.07, 6.45) is 3.38. The Morgan fingerprint density at radius 2 is 1.53 bits per heavy atom. The molecule has 0 bridgehead atoms. The maximum Gasteiger partial charge on any atom is 0.136 e. The van der Waals surface area contributed by atoms with Crippen molar-refractivity contribution in [2.45, 2.75) is 0 Å². The fourth-order valence-electron chi connectivity index (χ4n) is 5.04. The fourth-order valence-corrected chi connectivity index (χ4v) is 5.04. The van der Waals surface area contributed by atoms with Gasteiger partial charge in [0.05, 0.1) is 16.6 Å². The molecule has 0 atom stereocenters. The number of fused-ring (bicyclic) bond motifs is 7. The zero-order valence-corrected chi connectivity index (χ0v) is 18.1. The van der Waals surface area contributed by atoms with Gasteiger partial charge in [0, 0.05) is 45.2 Å². The molecule has 0 saturated carbocycles. The van der Waals surface area contributed by atoms with Crippen LogP contribution in [0.15, 0.2) is 108 Å². The minimum Gasteiger partial charge on any atom is -0.456 e. The molecule has 0 saturated heterocycles. The number of nitriles is 1. The fraction of sp³-hybridized carbons (Fsp3) is 0. The van der Waals surface area contributed by atoms with Crippen LogP contribution in [0.3, 0.4) is 0 Å². The third-order valence-corrected chi connectivity index (χ3v) is 6.48. The molecule has 0 aliphatic heterocycles. The van der Waals surface area contributed by atoms with Crippen LogP contribution in [-0.2, 0) is 0 Å². The van der Waals surface area contributed by atoms with Gasteiger partial charge in [-0.2, -0.15) is 5.26 Å². The third kappa shape index (κ3) is 2.61. The molecular formula is C30H17N3O. The Morgan fingerprint density at radius 1 is 0.676 bits per heavy atom. The van der Waals surface area contributed by atoms with Crippen LogP contribution in [0.25, 0.3) is 60.6 Å². The van der Waals surface area contributed by atoms with Gasteiger partial charge in [-0.05, 0) is 48.0 Å². The summed E-state index contributed by atoms with van der Waals surface area (Å²) < 4.78 is 8.48. The first-order valence-corrected chi connectivity index (χ1v) is 11.1. The van der Waals surface area contributed by atoms with Crippen LogP contribution in [0.5, 0.6) is 0 Å². The molecule has 0 aliphatic rings. The topological polar surface area (TPSA) is 54.8 Å². The quantitative estimate of drug-likeness (QED) is 0.281. The molecule has 3 heterocycles. The molecule has 4 nitrogen and oxygen atoms in total. The molecule has 4 heteroatoms. The molecule has 0 unspecified atom stereocenters. The van der Waals surface area contributed by atoms with Gasteiger partial charge >= 0.3 is 0 Å². The monoisotopic (exact) mass is 435 g/mol. The first-order valence-electron chi connectivity index (χ1n) is 11.1. The van der Waals surface area contributed by atoms with E-state index in [1.54, 1.807) is 12.4 Å². The predicted molar refractivity (Wildman–Crippen MR) is 136 cm³/mol. The van der Waals surface area contributed by atoms with E-state index < -0.39 is 0 Å². The highest BCUT2D eigenvalue weighted by Gasteiger charge is 2.18. The van der Waals surface area contributed by atoms with Crippen molar-refractivity contribution < 1.29 is 4.42 Å². The minimum atomic E-state index is 0.550. The molecule has 0 fully saturated rings. The molecule has 0 amide bonds. The van der Waals surface area contributed by atoms with Crippen LogP contribution >= 0.6 is 0 Å². The van der Waals surface area contributed by atoms with Crippen molar-refractivity contribution in [3.05, 3.63) is 109 Å². The third-order valence-electron chi connectivity index (χ3n) is 6.48. The largest absolute Gasteiger partial charge is 0.456 e. The number of nitrogens with zero attached hydrogens (tertiary/aromatic N) is 3. The van der Waals surface area contributed by atoms with Crippen molar-refractivity contribution in [1.29, 1.82) is 5.26 Å². The molecule has 0 aliphatic carbocycles. The summed E-state index contributed by atoms with van der Waals surface area (Å²) in [6.45, 7) is 0. The van der Waals surface area contributed by atoms with Crippen molar-refractivity contribution in [3.63, 3.8) is 0 Å². The van der Waals surface area contributed by atoms with E-state index >= 15 is 0 Å². The van der Waals surface area contributed by atoms with Crippen molar-refractivity contribution >= 4 is 43.7 Å². The first-order chi connectivity index (χ1) is 16.8. The lowest BCUT2D eigenvalue weighted by atomic mass is 10.1. The Balaban J connectivity index is 1.57. The van der Waals surface area contributed by atoms with Crippen LogP contribution < -0.4 is 0 Å². The Kier molecular flexibility index (Phi) is 3.88. The Hall–Kier alpha value is -4.88. The van der Waals surface area contributed by atoms with Crippen molar-refractivity contribution in [2.24, 2.45) is 0 Å². The van der Waals surface area contributed by atoms with Gasteiger partial charge in [-0.25, -0.2) is 0 Å². The highest BCUT2D eigenvalue weighted by atomic mass is 16.3. The van der Waals surface area contributed by atoms with E-state index in [1.807, 2.05) is 18.2 Å². The van der Waals surface area contributed by atoms with Crippen LogP contribution in [-0.4, -0.2) is 9.55 Å². The summed E-state index contributed by atoms with van der Waals surface area (Å²) in [5, 5.41) is 13.9.